The van der Waals surface area contributed by atoms with E-state index in [1.54, 1.807) is 25.3 Å². The lowest BCUT2D eigenvalue weighted by Gasteiger charge is -2.23. The molecule has 1 aliphatic heterocycles. The van der Waals surface area contributed by atoms with Crippen LogP contribution in [0.25, 0.3) is 5.57 Å². The molecule has 0 aromatic heterocycles. The van der Waals surface area contributed by atoms with Crippen molar-refractivity contribution in [3.8, 4) is 11.5 Å². The lowest BCUT2D eigenvalue weighted by Crippen LogP contribution is -2.32. The standard InChI is InChI=1S/C25H30N2O5S/c1-31-24-11-10-18(12-25(24)32-22-7-3-4-8-22)15-26-21-13-20(16-27(28)17-21)19-6-5-9-23(14-19)33(2,29)30/h5-6,9-14,22,28H,3-4,7-8,15-17H2,1-2H3. The monoisotopic (exact) mass is 470 g/mol. The van der Waals surface area contributed by atoms with Gasteiger partial charge >= 0.3 is 0 Å². The summed E-state index contributed by atoms with van der Waals surface area (Å²) < 4.78 is 35.5. The fourth-order valence-electron chi connectivity index (χ4n) is 4.22. The molecule has 1 saturated carbocycles. The molecular weight excluding hydrogens is 440 g/mol. The third kappa shape index (κ3) is 6.01. The molecule has 0 radical (unpaired) electrons. The minimum atomic E-state index is -3.31. The maximum Gasteiger partial charge on any atom is 0.175 e. The lowest BCUT2D eigenvalue weighted by atomic mass is 10.0. The molecule has 2 aromatic carbocycles. The number of hydrogen-bond donors (Lipinski definition) is 1. The molecule has 1 fully saturated rings. The molecule has 0 amide bonds. The topological polar surface area (TPSA) is 88.4 Å². The number of benzene rings is 2. The summed E-state index contributed by atoms with van der Waals surface area (Å²) in [5.74, 6) is 1.45. The van der Waals surface area contributed by atoms with E-state index in [9.17, 15) is 13.6 Å². The molecule has 0 spiro atoms. The molecule has 176 valence electrons. The van der Waals surface area contributed by atoms with E-state index in [0.29, 0.717) is 25.4 Å². The van der Waals surface area contributed by atoms with E-state index < -0.39 is 9.84 Å². The van der Waals surface area contributed by atoms with Crippen LogP contribution in [-0.2, 0) is 16.4 Å². The van der Waals surface area contributed by atoms with Crippen LogP contribution < -0.4 is 9.47 Å². The van der Waals surface area contributed by atoms with Crippen LogP contribution in [-0.4, -0.2) is 57.0 Å². The molecule has 2 aromatic rings. The van der Waals surface area contributed by atoms with Crippen molar-refractivity contribution >= 4 is 21.1 Å². The molecule has 1 aliphatic carbocycles. The van der Waals surface area contributed by atoms with E-state index in [4.69, 9.17) is 14.5 Å². The highest BCUT2D eigenvalue weighted by Gasteiger charge is 2.20. The average Bonchev–Trinajstić information content (AvgIpc) is 3.30. The van der Waals surface area contributed by atoms with Crippen molar-refractivity contribution in [3.05, 3.63) is 59.7 Å². The van der Waals surface area contributed by atoms with Gasteiger partial charge in [0.1, 0.15) is 0 Å². The zero-order chi connectivity index (χ0) is 23.4. The Labute approximate surface area is 195 Å². The van der Waals surface area contributed by atoms with Crippen LogP contribution in [0.3, 0.4) is 0 Å². The fraction of sp³-hybridized carbons (Fsp3) is 0.400. The zero-order valence-corrected chi connectivity index (χ0v) is 19.8. The van der Waals surface area contributed by atoms with E-state index in [1.807, 2.05) is 30.3 Å². The van der Waals surface area contributed by atoms with E-state index in [1.165, 1.54) is 24.2 Å². The molecular formula is C25H30N2O5S. The van der Waals surface area contributed by atoms with Crippen LogP contribution >= 0.6 is 0 Å². The van der Waals surface area contributed by atoms with Crippen molar-refractivity contribution in [2.75, 3.05) is 26.5 Å². The summed E-state index contributed by atoms with van der Waals surface area (Å²) in [5, 5.41) is 11.5. The molecule has 7 nitrogen and oxygen atoms in total. The second-order valence-electron chi connectivity index (χ2n) is 8.61. The Balaban J connectivity index is 1.55. The first-order valence-electron chi connectivity index (χ1n) is 11.1. The predicted octanol–water partition coefficient (Wildman–Crippen LogP) is 4.15. The molecule has 0 unspecified atom stereocenters. The maximum absolute atomic E-state index is 11.9. The van der Waals surface area contributed by atoms with Gasteiger partial charge in [-0.25, -0.2) is 8.42 Å². The van der Waals surface area contributed by atoms with Crippen LogP contribution in [0.1, 0.15) is 36.8 Å². The highest BCUT2D eigenvalue weighted by molar-refractivity contribution is 7.90. The molecule has 1 heterocycles. The molecule has 2 aliphatic rings. The van der Waals surface area contributed by atoms with Crippen molar-refractivity contribution in [2.45, 2.75) is 43.2 Å². The summed E-state index contributed by atoms with van der Waals surface area (Å²) in [5.41, 5.74) is 3.27. The number of sulfone groups is 1. The molecule has 0 saturated heterocycles. The minimum Gasteiger partial charge on any atom is -0.493 e. The molecule has 0 bridgehead atoms. The van der Waals surface area contributed by atoms with E-state index in [0.717, 1.165) is 41.0 Å². The summed E-state index contributed by atoms with van der Waals surface area (Å²) in [6.07, 6.45) is 7.86. The van der Waals surface area contributed by atoms with Crippen molar-refractivity contribution in [1.29, 1.82) is 0 Å². The van der Waals surface area contributed by atoms with E-state index in [2.05, 4.69) is 0 Å². The van der Waals surface area contributed by atoms with Crippen LogP contribution in [0.15, 0.2) is 58.4 Å². The van der Waals surface area contributed by atoms with Crippen molar-refractivity contribution in [3.63, 3.8) is 0 Å². The van der Waals surface area contributed by atoms with Gasteiger partial charge in [-0.05, 0) is 72.7 Å². The normalized spacial score (nSPS) is 19.0. The molecule has 8 heteroatoms. The number of nitrogens with zero attached hydrogens (tertiary/aromatic N) is 2. The van der Waals surface area contributed by atoms with Gasteiger partial charge in [0, 0.05) is 12.8 Å². The Morgan fingerprint density at radius 2 is 1.88 bits per heavy atom. The largest absolute Gasteiger partial charge is 0.493 e. The van der Waals surface area contributed by atoms with Gasteiger partial charge in [-0.1, -0.05) is 18.2 Å². The first-order chi connectivity index (χ1) is 15.8. The molecule has 4 rings (SSSR count). The van der Waals surface area contributed by atoms with Gasteiger partial charge in [0.15, 0.2) is 21.3 Å². The second-order valence-corrected chi connectivity index (χ2v) is 10.6. The first kappa shape index (κ1) is 23.5. The van der Waals surface area contributed by atoms with Gasteiger partial charge in [0.25, 0.3) is 0 Å². The zero-order valence-electron chi connectivity index (χ0n) is 19.0. The smallest absolute Gasteiger partial charge is 0.175 e. The highest BCUT2D eigenvalue weighted by atomic mass is 32.2. The van der Waals surface area contributed by atoms with Gasteiger partial charge in [-0.3, -0.25) is 4.99 Å². The number of aliphatic imine (C=N–C) groups is 1. The number of ether oxygens (including phenoxy) is 2. The Morgan fingerprint density at radius 3 is 2.61 bits per heavy atom. The van der Waals surface area contributed by atoms with Gasteiger partial charge in [-0.15, -0.1) is 0 Å². The van der Waals surface area contributed by atoms with Crippen LogP contribution in [0.5, 0.6) is 11.5 Å². The summed E-state index contributed by atoms with van der Waals surface area (Å²) in [4.78, 5) is 4.96. The Kier molecular flexibility index (Phi) is 7.17. The second kappa shape index (κ2) is 10.1. The molecule has 1 N–H and O–H groups in total. The highest BCUT2D eigenvalue weighted by Crippen LogP contribution is 2.32. The Morgan fingerprint density at radius 1 is 1.09 bits per heavy atom. The number of hydrogen-bond acceptors (Lipinski definition) is 7. The Hall–Kier alpha value is -2.68. The van der Waals surface area contributed by atoms with Gasteiger partial charge in [0.2, 0.25) is 0 Å². The van der Waals surface area contributed by atoms with Gasteiger partial charge < -0.3 is 14.7 Å². The van der Waals surface area contributed by atoms with Crippen molar-refractivity contribution < 1.29 is 23.1 Å². The maximum atomic E-state index is 11.9. The van der Waals surface area contributed by atoms with Crippen molar-refractivity contribution in [1.82, 2.24) is 5.06 Å². The minimum absolute atomic E-state index is 0.231. The summed E-state index contributed by atoms with van der Waals surface area (Å²) in [6.45, 7) is 1.03. The number of hydroxylamine groups is 2. The predicted molar refractivity (Wildman–Crippen MR) is 128 cm³/mol. The Bertz CT molecular complexity index is 1170. The average molecular weight is 471 g/mol. The summed E-state index contributed by atoms with van der Waals surface area (Å²) in [6, 6.07) is 12.6. The van der Waals surface area contributed by atoms with Crippen LogP contribution in [0.2, 0.25) is 0 Å². The lowest BCUT2D eigenvalue weighted by molar-refractivity contribution is -0.0641. The van der Waals surface area contributed by atoms with E-state index >= 15 is 0 Å². The summed E-state index contributed by atoms with van der Waals surface area (Å²) >= 11 is 0. The van der Waals surface area contributed by atoms with E-state index in [-0.39, 0.29) is 11.0 Å². The quantitative estimate of drug-likeness (QED) is 0.654. The molecule has 33 heavy (non-hydrogen) atoms. The third-order valence-corrected chi connectivity index (χ3v) is 7.07. The third-order valence-electron chi connectivity index (χ3n) is 5.96. The van der Waals surface area contributed by atoms with Crippen LogP contribution in [0.4, 0.5) is 0 Å². The van der Waals surface area contributed by atoms with Crippen LogP contribution in [0, 0.1) is 0 Å². The van der Waals surface area contributed by atoms with Crippen molar-refractivity contribution in [2.24, 2.45) is 4.99 Å². The number of rotatable bonds is 7. The van der Waals surface area contributed by atoms with Gasteiger partial charge in [-0.2, -0.15) is 5.06 Å². The van der Waals surface area contributed by atoms with Gasteiger partial charge in [0.05, 0.1) is 36.9 Å². The summed E-state index contributed by atoms with van der Waals surface area (Å²) in [7, 11) is -1.67. The first-order valence-corrected chi connectivity index (χ1v) is 13.0. The number of methoxy groups -OCH3 is 1. The SMILES string of the molecule is COc1ccc(CN=C2C=C(c3cccc(S(C)(=O)=O)c3)CN(O)C2)cc1OC1CCCC1. The molecule has 0 atom stereocenters. The fourth-order valence-corrected chi connectivity index (χ4v) is 4.89.